The van der Waals surface area contributed by atoms with Gasteiger partial charge in [-0.25, -0.2) is 4.79 Å². The molecule has 0 aliphatic carbocycles. The maximum atomic E-state index is 12.4. The summed E-state index contributed by atoms with van der Waals surface area (Å²) in [5, 5.41) is 0. The minimum Gasteiger partial charge on any atom is -0.496 e. The van der Waals surface area contributed by atoms with E-state index >= 15 is 0 Å². The van der Waals surface area contributed by atoms with Gasteiger partial charge in [0, 0.05) is 25.2 Å². The predicted octanol–water partition coefficient (Wildman–Crippen LogP) is 2.37. The minimum atomic E-state index is -0.644. The van der Waals surface area contributed by atoms with E-state index in [-0.39, 0.29) is 18.1 Å². The van der Waals surface area contributed by atoms with Crippen LogP contribution >= 0.6 is 0 Å². The number of amides is 1. The van der Waals surface area contributed by atoms with Crippen LogP contribution in [0.3, 0.4) is 0 Å². The highest BCUT2D eigenvalue weighted by Gasteiger charge is 2.26. The summed E-state index contributed by atoms with van der Waals surface area (Å²) < 4.78 is 20.9. The van der Waals surface area contributed by atoms with Crippen molar-refractivity contribution >= 4 is 11.9 Å². The van der Waals surface area contributed by atoms with Crippen LogP contribution in [-0.4, -0.2) is 57.8 Å². The van der Waals surface area contributed by atoms with Crippen molar-refractivity contribution in [1.82, 2.24) is 4.90 Å². The van der Waals surface area contributed by atoms with E-state index in [1.165, 1.54) is 27.4 Å². The van der Waals surface area contributed by atoms with E-state index in [2.05, 4.69) is 13.8 Å². The van der Waals surface area contributed by atoms with E-state index < -0.39 is 5.97 Å². The summed E-state index contributed by atoms with van der Waals surface area (Å²) in [6, 6.07) is 3.03. The lowest BCUT2D eigenvalue weighted by atomic mass is 9.92. The van der Waals surface area contributed by atoms with E-state index in [0.29, 0.717) is 42.2 Å². The van der Waals surface area contributed by atoms with Crippen molar-refractivity contribution in [2.45, 2.75) is 20.3 Å². The van der Waals surface area contributed by atoms with Crippen molar-refractivity contribution < 1.29 is 28.5 Å². The van der Waals surface area contributed by atoms with E-state index in [0.717, 1.165) is 6.42 Å². The average molecular weight is 365 g/mol. The van der Waals surface area contributed by atoms with Gasteiger partial charge in [0.2, 0.25) is 0 Å². The molecule has 144 valence electrons. The second-order valence-corrected chi connectivity index (χ2v) is 6.73. The molecule has 0 N–H and O–H groups in total. The van der Waals surface area contributed by atoms with Crippen molar-refractivity contribution in [3.8, 4) is 17.2 Å². The molecule has 0 spiro atoms. The van der Waals surface area contributed by atoms with E-state index in [4.69, 9.17) is 18.9 Å². The van der Waals surface area contributed by atoms with Crippen molar-refractivity contribution in [2.24, 2.45) is 11.8 Å². The van der Waals surface area contributed by atoms with Crippen molar-refractivity contribution in [1.29, 1.82) is 0 Å². The molecule has 1 fully saturated rings. The fourth-order valence-electron chi connectivity index (χ4n) is 3.35. The highest BCUT2D eigenvalue weighted by atomic mass is 16.5. The topological polar surface area (TPSA) is 74.3 Å². The van der Waals surface area contributed by atoms with Gasteiger partial charge in [0.05, 0.1) is 21.3 Å². The number of carbonyl (C=O) groups is 2. The minimum absolute atomic E-state index is 0.179. The van der Waals surface area contributed by atoms with Crippen LogP contribution in [-0.2, 0) is 9.53 Å². The highest BCUT2D eigenvalue weighted by Crippen LogP contribution is 2.35. The van der Waals surface area contributed by atoms with Crippen molar-refractivity contribution in [3.05, 3.63) is 17.7 Å². The van der Waals surface area contributed by atoms with Crippen LogP contribution in [0.25, 0.3) is 0 Å². The standard InChI is InChI=1S/C19H27NO6/c1-12-6-13(2)10-20(9-12)18(21)11-26-19(22)14-7-16(24-4)17(25-5)8-15(14)23-3/h7-8,12-13H,6,9-11H2,1-5H3. The molecule has 0 radical (unpaired) electrons. The molecule has 0 bridgehead atoms. The Bertz CT molecular complexity index is 650. The number of carbonyl (C=O) groups excluding carboxylic acids is 2. The predicted molar refractivity (Wildman–Crippen MR) is 95.9 cm³/mol. The number of hydrogen-bond donors (Lipinski definition) is 0. The lowest BCUT2D eigenvalue weighted by Gasteiger charge is -2.34. The van der Waals surface area contributed by atoms with Gasteiger partial charge in [0.25, 0.3) is 5.91 Å². The molecular weight excluding hydrogens is 338 g/mol. The Morgan fingerprint density at radius 2 is 1.50 bits per heavy atom. The smallest absolute Gasteiger partial charge is 0.342 e. The van der Waals surface area contributed by atoms with Crippen LogP contribution < -0.4 is 14.2 Å². The normalized spacial score (nSPS) is 19.7. The molecule has 1 aliphatic heterocycles. The maximum Gasteiger partial charge on any atom is 0.342 e. The third-order valence-corrected chi connectivity index (χ3v) is 4.47. The largest absolute Gasteiger partial charge is 0.496 e. The Kier molecular flexibility index (Phi) is 6.71. The fraction of sp³-hybridized carbons (Fsp3) is 0.579. The monoisotopic (exact) mass is 365 g/mol. The van der Waals surface area contributed by atoms with Crippen molar-refractivity contribution in [3.63, 3.8) is 0 Å². The molecule has 1 aromatic rings. The zero-order chi connectivity index (χ0) is 19.3. The van der Waals surface area contributed by atoms with Gasteiger partial charge >= 0.3 is 5.97 Å². The zero-order valence-electron chi connectivity index (χ0n) is 16.0. The number of hydrogen-bond acceptors (Lipinski definition) is 6. The number of esters is 1. The van der Waals surface area contributed by atoms with Gasteiger partial charge in [-0.3, -0.25) is 4.79 Å². The number of nitrogens with zero attached hydrogens (tertiary/aromatic N) is 1. The van der Waals surface area contributed by atoms with E-state index in [9.17, 15) is 9.59 Å². The van der Waals surface area contributed by atoms with E-state index in [1.54, 1.807) is 11.0 Å². The van der Waals surface area contributed by atoms with Crippen LogP contribution in [0.2, 0.25) is 0 Å². The van der Waals surface area contributed by atoms with Gasteiger partial charge in [-0.2, -0.15) is 0 Å². The fourth-order valence-corrected chi connectivity index (χ4v) is 3.35. The van der Waals surface area contributed by atoms with Gasteiger partial charge in [-0.15, -0.1) is 0 Å². The molecule has 7 heteroatoms. The molecule has 0 saturated carbocycles. The second kappa shape index (κ2) is 8.78. The summed E-state index contributed by atoms with van der Waals surface area (Å²) in [5.74, 6) is 1.18. The lowest BCUT2D eigenvalue weighted by molar-refractivity contribution is -0.137. The third-order valence-electron chi connectivity index (χ3n) is 4.47. The lowest BCUT2D eigenvalue weighted by Crippen LogP contribution is -2.44. The Morgan fingerprint density at radius 1 is 0.962 bits per heavy atom. The van der Waals surface area contributed by atoms with Crippen LogP contribution in [0.1, 0.15) is 30.6 Å². The van der Waals surface area contributed by atoms with Gasteiger partial charge in [-0.05, 0) is 18.3 Å². The molecule has 0 aromatic heterocycles. The summed E-state index contributed by atoms with van der Waals surface area (Å²) in [6.45, 7) is 5.34. The summed E-state index contributed by atoms with van der Waals surface area (Å²) in [5.41, 5.74) is 0.179. The SMILES string of the molecule is COc1cc(OC)c(C(=O)OCC(=O)N2CC(C)CC(C)C2)cc1OC. The molecule has 2 rings (SSSR count). The Balaban J connectivity index is 2.06. The number of piperidine rings is 1. The number of benzene rings is 1. The summed E-state index contributed by atoms with van der Waals surface area (Å²) >= 11 is 0. The molecule has 7 nitrogen and oxygen atoms in total. The Hall–Kier alpha value is -2.44. The molecule has 2 unspecified atom stereocenters. The molecule has 1 aliphatic rings. The molecule has 1 heterocycles. The van der Waals surface area contributed by atoms with Crippen LogP contribution in [0.5, 0.6) is 17.2 Å². The zero-order valence-corrected chi connectivity index (χ0v) is 16.0. The van der Waals surface area contributed by atoms with Crippen molar-refractivity contribution in [2.75, 3.05) is 41.0 Å². The molecule has 1 amide bonds. The third kappa shape index (κ3) is 4.59. The first-order chi connectivity index (χ1) is 12.4. The van der Waals surface area contributed by atoms with Gasteiger partial charge in [-0.1, -0.05) is 13.8 Å². The molecular formula is C19H27NO6. The van der Waals surface area contributed by atoms with Crippen LogP contribution in [0.15, 0.2) is 12.1 Å². The second-order valence-electron chi connectivity index (χ2n) is 6.73. The Morgan fingerprint density at radius 3 is 2.04 bits per heavy atom. The molecule has 1 aromatic carbocycles. The highest BCUT2D eigenvalue weighted by molar-refractivity contribution is 5.95. The van der Waals surface area contributed by atoms with E-state index in [1.807, 2.05) is 0 Å². The number of rotatable bonds is 6. The first kappa shape index (κ1) is 19.9. The first-order valence-corrected chi connectivity index (χ1v) is 8.64. The molecule has 2 atom stereocenters. The quantitative estimate of drug-likeness (QED) is 0.721. The first-order valence-electron chi connectivity index (χ1n) is 8.64. The van der Waals surface area contributed by atoms with Gasteiger partial charge < -0.3 is 23.8 Å². The number of ether oxygens (including phenoxy) is 4. The van der Waals surface area contributed by atoms with Gasteiger partial charge in [0.15, 0.2) is 18.1 Å². The number of likely N-dealkylation sites (tertiary alicyclic amines) is 1. The Labute approximate surface area is 154 Å². The summed E-state index contributed by atoms with van der Waals surface area (Å²) in [6.07, 6.45) is 1.10. The molecule has 1 saturated heterocycles. The van der Waals surface area contributed by atoms with Crippen LogP contribution in [0, 0.1) is 11.8 Å². The summed E-state index contributed by atoms with van der Waals surface area (Å²) in [7, 11) is 4.41. The average Bonchev–Trinajstić information content (AvgIpc) is 2.63. The van der Waals surface area contributed by atoms with Crippen LogP contribution in [0.4, 0.5) is 0 Å². The maximum absolute atomic E-state index is 12.4. The molecule has 26 heavy (non-hydrogen) atoms. The summed E-state index contributed by atoms with van der Waals surface area (Å²) in [4.78, 5) is 26.6. The number of methoxy groups -OCH3 is 3. The van der Waals surface area contributed by atoms with Gasteiger partial charge in [0.1, 0.15) is 11.3 Å².